The lowest BCUT2D eigenvalue weighted by Gasteiger charge is -2.37. The largest absolute Gasteiger partial charge is 0.394 e. The van der Waals surface area contributed by atoms with Gasteiger partial charge in [-0.1, -0.05) is 18.2 Å². The molecule has 1 aromatic carbocycles. The van der Waals surface area contributed by atoms with Crippen LogP contribution in [0.3, 0.4) is 0 Å². The van der Waals surface area contributed by atoms with Crippen LogP contribution in [0.15, 0.2) is 30.3 Å². The van der Waals surface area contributed by atoms with Gasteiger partial charge in [0.05, 0.1) is 17.7 Å². The van der Waals surface area contributed by atoms with E-state index >= 15 is 0 Å². The minimum absolute atomic E-state index is 0.117. The molecule has 0 amide bonds. The number of hydrogen-bond acceptors (Lipinski definition) is 4. The second-order valence-electron chi connectivity index (χ2n) is 5.50. The molecule has 1 aromatic heterocycles. The molecule has 0 saturated carbocycles. The highest BCUT2D eigenvalue weighted by Gasteiger charge is 2.32. The molecule has 0 unspecified atom stereocenters. The summed E-state index contributed by atoms with van der Waals surface area (Å²) in [4.78, 5) is 4.55. The maximum absolute atomic E-state index is 9.81. The van der Waals surface area contributed by atoms with Crippen molar-refractivity contribution < 1.29 is 9.84 Å². The molecule has 3 rings (SSSR count). The van der Waals surface area contributed by atoms with E-state index in [9.17, 15) is 5.11 Å². The predicted octanol–water partition coefficient (Wildman–Crippen LogP) is 2.50. The second-order valence-corrected chi connectivity index (χ2v) is 5.50. The number of para-hydroxylation sites is 1. The molecule has 1 aliphatic rings. The Morgan fingerprint density at radius 2 is 2.05 bits per heavy atom. The summed E-state index contributed by atoms with van der Waals surface area (Å²) in [5.74, 6) is 0. The molecule has 2 heterocycles. The van der Waals surface area contributed by atoms with Crippen molar-refractivity contribution >= 4 is 16.6 Å². The molecule has 0 spiro atoms. The van der Waals surface area contributed by atoms with E-state index in [0.29, 0.717) is 13.2 Å². The van der Waals surface area contributed by atoms with Gasteiger partial charge < -0.3 is 15.2 Å². The number of nitrogens with one attached hydrogen (secondary N) is 1. The molecule has 4 nitrogen and oxygen atoms in total. The van der Waals surface area contributed by atoms with Crippen LogP contribution in [-0.4, -0.2) is 35.5 Å². The van der Waals surface area contributed by atoms with Gasteiger partial charge in [-0.3, -0.25) is 4.98 Å². The predicted molar refractivity (Wildman–Crippen MR) is 80.0 cm³/mol. The third-order valence-corrected chi connectivity index (χ3v) is 4.00. The van der Waals surface area contributed by atoms with Gasteiger partial charge in [0.25, 0.3) is 0 Å². The Morgan fingerprint density at radius 1 is 1.30 bits per heavy atom. The van der Waals surface area contributed by atoms with Crippen LogP contribution in [0.1, 0.15) is 18.5 Å². The van der Waals surface area contributed by atoms with Crippen molar-refractivity contribution in [3.8, 4) is 0 Å². The van der Waals surface area contributed by atoms with E-state index in [1.807, 2.05) is 25.1 Å². The van der Waals surface area contributed by atoms with Crippen LogP contribution >= 0.6 is 0 Å². The highest BCUT2D eigenvalue weighted by molar-refractivity contribution is 5.91. The number of pyridine rings is 1. The quantitative estimate of drug-likeness (QED) is 0.901. The lowest BCUT2D eigenvalue weighted by molar-refractivity contribution is 0.0380. The van der Waals surface area contributed by atoms with Gasteiger partial charge in [0.2, 0.25) is 0 Å². The molecule has 0 atom stereocenters. The van der Waals surface area contributed by atoms with Gasteiger partial charge in [-0.2, -0.15) is 0 Å². The number of aromatic nitrogens is 1. The Bertz CT molecular complexity index is 606. The number of aliphatic hydroxyl groups excluding tert-OH is 1. The summed E-state index contributed by atoms with van der Waals surface area (Å²) in [6, 6.07) is 10.1. The van der Waals surface area contributed by atoms with E-state index in [-0.39, 0.29) is 12.1 Å². The molecule has 0 radical (unpaired) electrons. The first-order valence-corrected chi connectivity index (χ1v) is 7.06. The fourth-order valence-corrected chi connectivity index (χ4v) is 2.78. The fourth-order valence-electron chi connectivity index (χ4n) is 2.78. The molecule has 0 bridgehead atoms. The van der Waals surface area contributed by atoms with Crippen molar-refractivity contribution in [2.45, 2.75) is 25.3 Å². The number of ether oxygens (including phenoxy) is 1. The Balaban J connectivity index is 2.01. The van der Waals surface area contributed by atoms with Gasteiger partial charge in [-0.05, 0) is 31.9 Å². The third kappa shape index (κ3) is 2.49. The highest BCUT2D eigenvalue weighted by Crippen LogP contribution is 2.30. The number of rotatable bonds is 3. The number of aryl methyl sites for hydroxylation is 1. The zero-order valence-corrected chi connectivity index (χ0v) is 11.7. The summed E-state index contributed by atoms with van der Waals surface area (Å²) in [5.41, 5.74) is 2.72. The average Bonchev–Trinajstić information content (AvgIpc) is 2.48. The smallest absolute Gasteiger partial charge is 0.0725 e. The first kappa shape index (κ1) is 13.3. The topological polar surface area (TPSA) is 54.4 Å². The van der Waals surface area contributed by atoms with Gasteiger partial charge in [-0.15, -0.1) is 0 Å². The maximum Gasteiger partial charge on any atom is 0.0725 e. The maximum atomic E-state index is 9.81. The molecule has 4 heteroatoms. The highest BCUT2D eigenvalue weighted by atomic mass is 16.5. The molecule has 2 N–H and O–H groups in total. The van der Waals surface area contributed by atoms with E-state index in [2.05, 4.69) is 22.4 Å². The Morgan fingerprint density at radius 3 is 2.80 bits per heavy atom. The Hall–Kier alpha value is -1.65. The Kier molecular flexibility index (Phi) is 3.59. The van der Waals surface area contributed by atoms with E-state index in [1.54, 1.807) is 0 Å². The second kappa shape index (κ2) is 5.38. The van der Waals surface area contributed by atoms with Crippen molar-refractivity contribution in [3.63, 3.8) is 0 Å². The van der Waals surface area contributed by atoms with Crippen LogP contribution in [0.2, 0.25) is 0 Å². The van der Waals surface area contributed by atoms with Crippen molar-refractivity contribution in [1.29, 1.82) is 0 Å². The fraction of sp³-hybridized carbons (Fsp3) is 0.438. The van der Waals surface area contributed by atoms with Gasteiger partial charge in [0.15, 0.2) is 0 Å². The van der Waals surface area contributed by atoms with Gasteiger partial charge in [-0.25, -0.2) is 0 Å². The summed E-state index contributed by atoms with van der Waals surface area (Å²) < 4.78 is 5.41. The molecule has 2 aromatic rings. The number of hydrogen-bond donors (Lipinski definition) is 2. The van der Waals surface area contributed by atoms with Crippen molar-refractivity contribution in [3.05, 3.63) is 36.0 Å². The van der Waals surface area contributed by atoms with Gasteiger partial charge >= 0.3 is 0 Å². The molecule has 1 fully saturated rings. The van der Waals surface area contributed by atoms with Crippen molar-refractivity contribution in [2.24, 2.45) is 0 Å². The molecular weight excluding hydrogens is 252 g/mol. The zero-order chi connectivity index (χ0) is 14.0. The van der Waals surface area contributed by atoms with Crippen LogP contribution in [0.25, 0.3) is 10.9 Å². The Labute approximate surface area is 118 Å². The summed E-state index contributed by atoms with van der Waals surface area (Å²) in [5, 5.41) is 14.5. The first-order chi connectivity index (χ1) is 9.72. The van der Waals surface area contributed by atoms with Crippen LogP contribution in [0.5, 0.6) is 0 Å². The monoisotopic (exact) mass is 272 g/mol. The lowest BCUT2D eigenvalue weighted by atomic mass is 9.90. The van der Waals surface area contributed by atoms with Crippen LogP contribution in [-0.2, 0) is 4.74 Å². The summed E-state index contributed by atoms with van der Waals surface area (Å²) in [6.45, 7) is 3.49. The minimum atomic E-state index is -0.283. The average molecular weight is 272 g/mol. The van der Waals surface area contributed by atoms with Crippen LogP contribution in [0.4, 0.5) is 5.69 Å². The molecule has 106 valence electrons. The normalized spacial score (nSPS) is 18.1. The SMILES string of the molecule is Cc1cc(NC2(CO)CCOCC2)c2ccccc2n1. The molecule has 1 aliphatic heterocycles. The molecule has 20 heavy (non-hydrogen) atoms. The lowest BCUT2D eigenvalue weighted by Crippen LogP contribution is -2.47. The van der Waals surface area contributed by atoms with E-state index in [1.165, 1.54) is 0 Å². The summed E-state index contributed by atoms with van der Waals surface area (Å²) in [6.07, 6.45) is 1.64. The summed E-state index contributed by atoms with van der Waals surface area (Å²) >= 11 is 0. The molecule has 1 saturated heterocycles. The zero-order valence-electron chi connectivity index (χ0n) is 11.7. The number of aliphatic hydroxyl groups is 1. The van der Waals surface area contributed by atoms with Crippen LogP contribution in [0, 0.1) is 6.92 Å². The van der Waals surface area contributed by atoms with Gasteiger partial charge in [0, 0.05) is 30.0 Å². The third-order valence-electron chi connectivity index (χ3n) is 4.00. The summed E-state index contributed by atoms with van der Waals surface area (Å²) in [7, 11) is 0. The van der Waals surface area contributed by atoms with E-state index in [0.717, 1.165) is 35.1 Å². The number of benzene rings is 1. The minimum Gasteiger partial charge on any atom is -0.394 e. The van der Waals surface area contributed by atoms with Crippen molar-refractivity contribution in [2.75, 3.05) is 25.1 Å². The van der Waals surface area contributed by atoms with Gasteiger partial charge in [0.1, 0.15) is 0 Å². The van der Waals surface area contributed by atoms with E-state index in [4.69, 9.17) is 4.74 Å². The first-order valence-electron chi connectivity index (χ1n) is 7.06. The number of anilines is 1. The van der Waals surface area contributed by atoms with E-state index < -0.39 is 0 Å². The molecular formula is C16H20N2O2. The van der Waals surface area contributed by atoms with Crippen LogP contribution < -0.4 is 5.32 Å². The standard InChI is InChI=1S/C16H20N2O2/c1-12-10-15(13-4-2-3-5-14(13)17-12)18-16(11-19)6-8-20-9-7-16/h2-5,10,19H,6-9,11H2,1H3,(H,17,18). The number of fused-ring (bicyclic) bond motifs is 1. The molecule has 0 aliphatic carbocycles. The number of nitrogens with zero attached hydrogens (tertiary/aromatic N) is 1. The van der Waals surface area contributed by atoms with Crippen molar-refractivity contribution in [1.82, 2.24) is 4.98 Å².